The highest BCUT2D eigenvalue weighted by atomic mass is 16.3. The van der Waals surface area contributed by atoms with Gasteiger partial charge in [-0.15, -0.1) is 0 Å². The topological polar surface area (TPSA) is 69.4 Å². The Bertz CT molecular complexity index is 3460. The van der Waals surface area contributed by atoms with Gasteiger partial charge in [0, 0.05) is 43.4 Å². The van der Waals surface area contributed by atoms with E-state index in [-0.39, 0.29) is 0 Å². The number of nitrogens with zero attached hydrogens (tertiary/aromatic N) is 4. The van der Waals surface area contributed by atoms with Gasteiger partial charge in [0.1, 0.15) is 39.2 Å². The Hall–Kier alpha value is -7.31. The van der Waals surface area contributed by atoms with Crippen LogP contribution in [0.3, 0.4) is 0 Å². The van der Waals surface area contributed by atoms with Crippen LogP contribution in [0.15, 0.2) is 167 Å². The van der Waals surface area contributed by atoms with E-state index in [1.54, 1.807) is 0 Å². The molecule has 12 aromatic rings. The fraction of sp³-hybridized carbons (Fsp3) is 0. The van der Waals surface area contributed by atoms with Crippen LogP contribution in [0.4, 0.5) is 0 Å². The third kappa shape index (κ3) is 4.11. The molecule has 53 heavy (non-hydrogen) atoms. The zero-order valence-corrected chi connectivity index (χ0v) is 28.1. The maximum absolute atomic E-state index is 6.41. The molecule has 6 heteroatoms. The molecule has 0 fully saturated rings. The fourth-order valence-electron chi connectivity index (χ4n) is 8.10. The zero-order chi connectivity index (χ0) is 34.6. The molecule has 6 nitrogen and oxygen atoms in total. The normalized spacial score (nSPS) is 12.2. The molecule has 0 radical (unpaired) electrons. The molecule has 0 atom stereocenters. The van der Waals surface area contributed by atoms with Crippen molar-refractivity contribution in [3.05, 3.63) is 158 Å². The van der Waals surface area contributed by atoms with Crippen molar-refractivity contribution in [3.8, 4) is 33.8 Å². The van der Waals surface area contributed by atoms with E-state index in [1.807, 2.05) is 36.4 Å². The van der Waals surface area contributed by atoms with Gasteiger partial charge in [-0.05, 0) is 71.1 Å². The van der Waals surface area contributed by atoms with E-state index in [2.05, 4.69) is 126 Å². The number of hydrogen-bond donors (Lipinski definition) is 0. The lowest BCUT2D eigenvalue weighted by atomic mass is 10.00. The second kappa shape index (κ2) is 10.6. The molecule has 0 saturated carbocycles. The summed E-state index contributed by atoms with van der Waals surface area (Å²) in [4.78, 5) is 15.8. The third-order valence-electron chi connectivity index (χ3n) is 10.6. The maximum Gasteiger partial charge on any atom is 0.169 e. The number of pyridine rings is 1. The second-order valence-electron chi connectivity index (χ2n) is 13.6. The van der Waals surface area contributed by atoms with Crippen molar-refractivity contribution >= 4 is 82.4 Å². The van der Waals surface area contributed by atoms with E-state index >= 15 is 0 Å². The summed E-state index contributed by atoms with van der Waals surface area (Å²) < 4.78 is 14.7. The summed E-state index contributed by atoms with van der Waals surface area (Å²) in [6.07, 6.45) is 0. The van der Waals surface area contributed by atoms with Crippen LogP contribution in [0.5, 0.6) is 0 Å². The Morgan fingerprint density at radius 1 is 0.358 bits per heavy atom. The summed E-state index contributed by atoms with van der Waals surface area (Å²) in [5.74, 6) is 0.647. The van der Waals surface area contributed by atoms with Crippen LogP contribution in [0, 0.1) is 0 Å². The summed E-state index contributed by atoms with van der Waals surface area (Å²) in [7, 11) is 0. The lowest BCUT2D eigenvalue weighted by molar-refractivity contribution is 0.668. The zero-order valence-electron chi connectivity index (χ0n) is 28.1. The number of imidazole rings is 1. The van der Waals surface area contributed by atoms with Crippen LogP contribution in [0.1, 0.15) is 0 Å². The molecule has 0 bridgehead atoms. The highest BCUT2D eigenvalue weighted by molar-refractivity contribution is 6.15. The monoisotopic (exact) mass is 678 g/mol. The number of benzene rings is 7. The van der Waals surface area contributed by atoms with Gasteiger partial charge in [-0.2, -0.15) is 0 Å². The molecule has 5 aromatic heterocycles. The van der Waals surface area contributed by atoms with Crippen LogP contribution < -0.4 is 0 Å². The quantitative estimate of drug-likeness (QED) is 0.174. The minimum absolute atomic E-state index is 0.647. The van der Waals surface area contributed by atoms with E-state index < -0.39 is 0 Å². The smallest absolute Gasteiger partial charge is 0.169 e. The Morgan fingerprint density at radius 3 is 1.64 bits per heavy atom. The summed E-state index contributed by atoms with van der Waals surface area (Å²) in [5, 5.41) is 7.65. The first kappa shape index (κ1) is 28.4. The average Bonchev–Trinajstić information content (AvgIpc) is 3.92. The van der Waals surface area contributed by atoms with Crippen LogP contribution in [-0.2, 0) is 0 Å². The molecule has 0 spiro atoms. The summed E-state index contributed by atoms with van der Waals surface area (Å²) in [6.45, 7) is 0. The van der Waals surface area contributed by atoms with Crippen LogP contribution >= 0.6 is 0 Å². The molecule has 12 rings (SSSR count). The Labute approximate surface area is 301 Å². The molecule has 0 unspecified atom stereocenters. The third-order valence-corrected chi connectivity index (χ3v) is 10.6. The minimum atomic E-state index is 0.647. The van der Waals surface area contributed by atoms with Crippen molar-refractivity contribution in [1.29, 1.82) is 0 Å². The summed E-state index contributed by atoms with van der Waals surface area (Å²) in [5.41, 5.74) is 11.7. The molecule has 0 aliphatic carbocycles. The largest absolute Gasteiger partial charge is 0.456 e. The molecule has 7 aromatic carbocycles. The lowest BCUT2D eigenvalue weighted by Crippen LogP contribution is -1.97. The van der Waals surface area contributed by atoms with Gasteiger partial charge in [0.05, 0.1) is 5.52 Å². The van der Waals surface area contributed by atoms with Gasteiger partial charge in [0.25, 0.3) is 0 Å². The van der Waals surface area contributed by atoms with Gasteiger partial charge in [-0.1, -0.05) is 103 Å². The molecule has 0 aliphatic rings. The molecular formula is C47H26N4O2. The molecule has 5 heterocycles. The van der Waals surface area contributed by atoms with E-state index in [4.69, 9.17) is 23.8 Å². The minimum Gasteiger partial charge on any atom is -0.456 e. The van der Waals surface area contributed by atoms with Crippen molar-refractivity contribution in [1.82, 2.24) is 19.4 Å². The molecule has 0 saturated heterocycles. The highest BCUT2D eigenvalue weighted by Crippen LogP contribution is 2.40. The average molecular weight is 679 g/mol. The van der Waals surface area contributed by atoms with Crippen molar-refractivity contribution in [3.63, 3.8) is 0 Å². The molecule has 0 amide bonds. The van der Waals surface area contributed by atoms with E-state index in [0.29, 0.717) is 5.82 Å². The van der Waals surface area contributed by atoms with Crippen molar-refractivity contribution in [2.45, 2.75) is 0 Å². The van der Waals surface area contributed by atoms with Gasteiger partial charge in [-0.3, -0.25) is 4.40 Å². The maximum atomic E-state index is 6.41. The Balaban J connectivity index is 1.11. The molecule has 246 valence electrons. The van der Waals surface area contributed by atoms with Gasteiger partial charge in [0.15, 0.2) is 11.5 Å². The first-order valence-electron chi connectivity index (χ1n) is 17.7. The van der Waals surface area contributed by atoms with E-state index in [9.17, 15) is 0 Å². The van der Waals surface area contributed by atoms with Crippen molar-refractivity contribution in [2.75, 3.05) is 0 Å². The summed E-state index contributed by atoms with van der Waals surface area (Å²) in [6, 6.07) is 54.4. The lowest BCUT2D eigenvalue weighted by Gasteiger charge is -2.09. The molecular weight excluding hydrogens is 653 g/mol. The number of para-hydroxylation sites is 2. The number of rotatable bonds is 3. The van der Waals surface area contributed by atoms with Crippen molar-refractivity contribution in [2.24, 2.45) is 0 Å². The SMILES string of the molecule is c1ccc(-c2nc(-c3ccc4oc5ccc(-c6ccc7oc8ccccc8c7c6)cc5c4c3)c3nc4c5ccccc5c5ccccc5n4c3n2)cc1. The Kier molecular flexibility index (Phi) is 5.68. The number of hydrogen-bond acceptors (Lipinski definition) is 5. The predicted octanol–water partition coefficient (Wildman–Crippen LogP) is 12.4. The van der Waals surface area contributed by atoms with Gasteiger partial charge in [-0.25, -0.2) is 15.0 Å². The van der Waals surface area contributed by atoms with E-state index in [0.717, 1.165) is 110 Å². The second-order valence-corrected chi connectivity index (χ2v) is 13.6. The van der Waals surface area contributed by atoms with Gasteiger partial charge >= 0.3 is 0 Å². The standard InChI is InChI=1S/C47H26N4O2/c1-2-10-27(11-3-1)45-48-43(44-47(50-45)51-38-16-8-6-13-32(38)31-12-4-5-15-34(31)46(51)49-44)30-20-23-42-37(26-30)36-25-29(19-22-41(36)53-42)28-18-21-40-35(24-28)33-14-7-9-17-39(33)52-40/h1-26H. The van der Waals surface area contributed by atoms with Gasteiger partial charge < -0.3 is 8.83 Å². The molecule has 0 N–H and O–H groups in total. The number of aromatic nitrogens is 4. The fourth-order valence-corrected chi connectivity index (χ4v) is 8.10. The van der Waals surface area contributed by atoms with E-state index in [1.165, 1.54) is 0 Å². The van der Waals surface area contributed by atoms with Gasteiger partial charge in [0.2, 0.25) is 0 Å². The van der Waals surface area contributed by atoms with Crippen LogP contribution in [0.2, 0.25) is 0 Å². The summed E-state index contributed by atoms with van der Waals surface area (Å²) >= 11 is 0. The first-order chi connectivity index (χ1) is 26.2. The molecule has 0 aliphatic heterocycles. The van der Waals surface area contributed by atoms with Crippen LogP contribution in [0.25, 0.3) is 116 Å². The highest BCUT2D eigenvalue weighted by Gasteiger charge is 2.21. The number of fused-ring (bicyclic) bond motifs is 14. The first-order valence-corrected chi connectivity index (χ1v) is 17.7. The predicted molar refractivity (Wildman–Crippen MR) is 214 cm³/mol. The number of furan rings is 2. The van der Waals surface area contributed by atoms with Crippen LogP contribution in [-0.4, -0.2) is 19.4 Å². The van der Waals surface area contributed by atoms with Crippen molar-refractivity contribution < 1.29 is 8.83 Å². The Morgan fingerprint density at radius 2 is 0.906 bits per heavy atom.